The summed E-state index contributed by atoms with van der Waals surface area (Å²) in [6.07, 6.45) is -4.45. The highest BCUT2D eigenvalue weighted by atomic mass is 79.9. The van der Waals surface area contributed by atoms with Crippen molar-refractivity contribution in [3.8, 4) is 11.3 Å². The van der Waals surface area contributed by atoms with E-state index in [1.54, 1.807) is 48.5 Å². The fourth-order valence-corrected chi connectivity index (χ4v) is 9.67. The summed E-state index contributed by atoms with van der Waals surface area (Å²) < 4.78 is 59.7. The van der Waals surface area contributed by atoms with Crippen molar-refractivity contribution >= 4 is 55.6 Å². The zero-order valence-corrected chi connectivity index (χ0v) is 28.6. The second kappa shape index (κ2) is 13.5. The Labute approximate surface area is 279 Å². The van der Waals surface area contributed by atoms with Crippen LogP contribution in [0, 0.1) is 0 Å². The molecule has 3 aromatic carbocycles. The Morgan fingerprint density at radius 2 is 1.58 bits per heavy atom. The van der Waals surface area contributed by atoms with Crippen LogP contribution in [0.3, 0.4) is 0 Å². The van der Waals surface area contributed by atoms with Gasteiger partial charge in [0, 0.05) is 22.4 Å². The van der Waals surface area contributed by atoms with E-state index in [1.165, 1.54) is 28.9 Å². The molecule has 6 rings (SSSR count). The normalized spacial score (nSPS) is 23.5. The van der Waals surface area contributed by atoms with Crippen molar-refractivity contribution in [1.29, 1.82) is 0 Å². The van der Waals surface area contributed by atoms with E-state index in [0.717, 1.165) is 20.0 Å². The van der Waals surface area contributed by atoms with Gasteiger partial charge in [-0.25, -0.2) is 23.2 Å². The number of phosphoric acid groups is 2. The third-order valence-corrected chi connectivity index (χ3v) is 12.6. The van der Waals surface area contributed by atoms with Gasteiger partial charge in [-0.2, -0.15) is 4.31 Å². The van der Waals surface area contributed by atoms with Crippen LogP contribution in [-0.2, 0) is 37.7 Å². The lowest BCUT2D eigenvalue weighted by atomic mass is 10.1. The smallest absolute Gasteiger partial charge is 0.387 e. The maximum atomic E-state index is 13.3. The molecule has 1 saturated heterocycles. The quantitative estimate of drug-likeness (QED) is 0.118. The van der Waals surface area contributed by atoms with Crippen LogP contribution in [0.5, 0.6) is 0 Å². The minimum Gasteiger partial charge on any atom is -0.387 e. The van der Waals surface area contributed by atoms with Crippen molar-refractivity contribution in [2.45, 2.75) is 30.7 Å². The second-order valence-corrected chi connectivity index (χ2v) is 16.7. The average molecular weight is 786 g/mol. The Balaban J connectivity index is 1.10. The summed E-state index contributed by atoms with van der Waals surface area (Å²) in [4.78, 5) is 48.2. The van der Waals surface area contributed by atoms with E-state index in [0.29, 0.717) is 22.3 Å². The Morgan fingerprint density at radius 1 is 0.875 bits per heavy atom. The number of imidazole rings is 1. The number of hydrogen-bond acceptors (Lipinski definition) is 11. The molecule has 0 bridgehead atoms. The third kappa shape index (κ3) is 7.64. The molecule has 5 N–H and O–H groups in total. The van der Waals surface area contributed by atoms with Crippen LogP contribution in [0.1, 0.15) is 11.8 Å². The number of fused-ring (bicyclic) bond motifs is 2. The van der Waals surface area contributed by atoms with E-state index in [-0.39, 0.29) is 0 Å². The molecular formula is C28H27BrN3O13P3. The van der Waals surface area contributed by atoms with E-state index >= 15 is 0 Å². The Morgan fingerprint density at radius 3 is 2.33 bits per heavy atom. The maximum absolute atomic E-state index is 13.3. The van der Waals surface area contributed by atoms with Crippen LogP contribution in [0.25, 0.3) is 27.7 Å². The molecule has 48 heavy (non-hydrogen) atoms. The molecule has 0 amide bonds. The summed E-state index contributed by atoms with van der Waals surface area (Å²) >= 11 is 3.36. The highest BCUT2D eigenvalue weighted by molar-refractivity contribution is 9.10. The van der Waals surface area contributed by atoms with Gasteiger partial charge in [0.05, 0.1) is 18.5 Å². The van der Waals surface area contributed by atoms with E-state index in [2.05, 4.69) is 29.5 Å². The average Bonchev–Trinajstić information content (AvgIpc) is 3.57. The molecule has 2 aromatic heterocycles. The van der Waals surface area contributed by atoms with E-state index < -0.39 is 66.2 Å². The van der Waals surface area contributed by atoms with E-state index in [4.69, 9.17) is 9.26 Å². The van der Waals surface area contributed by atoms with Crippen LogP contribution in [0.4, 0.5) is 0 Å². The number of ether oxygens (including phenoxy) is 1. The van der Waals surface area contributed by atoms with Gasteiger partial charge in [0.1, 0.15) is 24.0 Å². The number of nitrogens with zero attached hydrogens (tertiary/aromatic N) is 3. The lowest BCUT2D eigenvalue weighted by Crippen LogP contribution is -2.36. The molecule has 0 saturated carbocycles. The monoisotopic (exact) mass is 785 g/mol. The molecule has 0 spiro atoms. The fraction of sp³-hybridized carbons (Fsp3) is 0.214. The predicted molar refractivity (Wildman–Crippen MR) is 174 cm³/mol. The fourth-order valence-electron chi connectivity index (χ4n) is 5.22. The molecule has 0 radical (unpaired) electrons. The highest BCUT2D eigenvalue weighted by Crippen LogP contribution is 2.68. The van der Waals surface area contributed by atoms with Gasteiger partial charge in [-0.05, 0) is 34.5 Å². The van der Waals surface area contributed by atoms with Crippen molar-refractivity contribution < 1.29 is 56.5 Å². The Kier molecular flexibility index (Phi) is 9.81. The third-order valence-electron chi connectivity index (χ3n) is 7.38. The molecule has 7 atom stereocenters. The van der Waals surface area contributed by atoms with Crippen LogP contribution in [0.15, 0.2) is 94.5 Å². The molecule has 16 nitrogen and oxygen atoms in total. The van der Waals surface area contributed by atoms with E-state index in [1.807, 2.05) is 12.1 Å². The van der Waals surface area contributed by atoms with E-state index in [9.17, 15) is 43.4 Å². The van der Waals surface area contributed by atoms with Crippen LogP contribution < -0.4 is 5.69 Å². The highest BCUT2D eigenvalue weighted by Gasteiger charge is 2.47. The summed E-state index contributed by atoms with van der Waals surface area (Å²) in [5.41, 5.74) is 1.14. The zero-order chi connectivity index (χ0) is 34.4. The number of phosphoric ester groups is 1. The molecule has 254 valence electrons. The SMILES string of the molecule is O=c1n(C2OC(COP(=O)(O)OP(=O)(O)OP(=O)(O)Cc3cccc4ccccc34)C(O)C2O)ccc2nc(-c3ccc(Br)cc3)cn12. The number of halogens is 1. The minimum atomic E-state index is -5.69. The van der Waals surface area contributed by atoms with Gasteiger partial charge in [-0.3, -0.25) is 18.1 Å². The van der Waals surface area contributed by atoms with Gasteiger partial charge in [-0.15, -0.1) is 0 Å². The lowest BCUT2D eigenvalue weighted by molar-refractivity contribution is -0.0542. The topological polar surface area (TPSA) is 229 Å². The number of aliphatic hydroxyl groups excluding tert-OH is 2. The molecule has 1 aliphatic heterocycles. The first-order chi connectivity index (χ1) is 22.6. The van der Waals surface area contributed by atoms with Gasteiger partial charge >= 0.3 is 28.9 Å². The standard InChI is InChI=1S/C28H27BrN3O13P3/c29-20-10-8-18(9-11-20)22-14-32-24(30-22)12-13-31(28(32)35)27-26(34)25(33)23(43-27)15-42-47(38,39)45-48(40,41)44-46(36,37)16-19-6-3-5-17-4-1-2-7-21(17)19/h1-14,23,25-27,33-34H,15-16H2,(H,36,37)(H,38,39)(H,40,41). The summed E-state index contributed by atoms with van der Waals surface area (Å²) in [5.74, 6) is 0. The first-order valence-electron chi connectivity index (χ1n) is 14.0. The van der Waals surface area contributed by atoms with Crippen LogP contribution >= 0.6 is 39.2 Å². The second-order valence-electron chi connectivity index (χ2n) is 10.7. The lowest BCUT2D eigenvalue weighted by Gasteiger charge is -2.20. The molecule has 1 aliphatic rings. The molecule has 7 unspecified atom stereocenters. The summed E-state index contributed by atoms with van der Waals surface area (Å²) in [6, 6.07) is 20.4. The van der Waals surface area contributed by atoms with Crippen molar-refractivity contribution in [3.05, 3.63) is 106 Å². The number of hydrogen-bond donors (Lipinski definition) is 5. The Hall–Kier alpha value is -2.85. The molecule has 3 heterocycles. The molecule has 0 aliphatic carbocycles. The van der Waals surface area contributed by atoms with Gasteiger partial charge in [0.2, 0.25) is 0 Å². The van der Waals surface area contributed by atoms with Crippen molar-refractivity contribution in [2.75, 3.05) is 6.61 Å². The molecule has 5 aromatic rings. The zero-order valence-electron chi connectivity index (χ0n) is 24.4. The largest absolute Gasteiger partial charge is 0.488 e. The van der Waals surface area contributed by atoms with Gasteiger partial charge in [0.15, 0.2) is 6.23 Å². The van der Waals surface area contributed by atoms with Crippen molar-refractivity contribution in [3.63, 3.8) is 0 Å². The van der Waals surface area contributed by atoms with Crippen LogP contribution in [0.2, 0.25) is 0 Å². The number of benzene rings is 3. The molecule has 20 heteroatoms. The number of aliphatic hydroxyl groups is 2. The summed E-state index contributed by atoms with van der Waals surface area (Å²) in [7, 11) is -16.1. The maximum Gasteiger partial charge on any atom is 0.488 e. The predicted octanol–water partition coefficient (Wildman–Crippen LogP) is 4.33. The van der Waals surface area contributed by atoms with Crippen LogP contribution in [-0.4, -0.2) is 63.8 Å². The summed E-state index contributed by atoms with van der Waals surface area (Å²) in [6.45, 7) is -0.981. The molecular weight excluding hydrogens is 759 g/mol. The number of rotatable bonds is 11. The first kappa shape index (κ1) is 35.0. The van der Waals surface area contributed by atoms with Gasteiger partial charge in [0.25, 0.3) is 0 Å². The summed E-state index contributed by atoms with van der Waals surface area (Å²) in [5, 5.41) is 22.5. The van der Waals surface area contributed by atoms with Crippen molar-refractivity contribution in [1.82, 2.24) is 14.0 Å². The minimum absolute atomic E-state index is 0.292. The van der Waals surface area contributed by atoms with Gasteiger partial charge in [-0.1, -0.05) is 70.5 Å². The first-order valence-corrected chi connectivity index (χ1v) is 19.6. The number of aromatic nitrogens is 3. The molecule has 1 fully saturated rings. The Bertz CT molecular complexity index is 2190. The van der Waals surface area contributed by atoms with Crippen molar-refractivity contribution in [2.24, 2.45) is 0 Å². The van der Waals surface area contributed by atoms with Gasteiger partial charge < -0.3 is 29.6 Å².